The van der Waals surface area contributed by atoms with Crippen LogP contribution in [0.15, 0.2) is 24.5 Å². The average molecular weight is 176 g/mol. The van der Waals surface area contributed by atoms with E-state index in [0.29, 0.717) is 0 Å². The Morgan fingerprint density at radius 1 is 1.54 bits per heavy atom. The van der Waals surface area contributed by atoms with Crippen molar-refractivity contribution in [2.75, 3.05) is 0 Å². The maximum absolute atomic E-state index is 5.72. The molecule has 0 saturated heterocycles. The van der Waals surface area contributed by atoms with Crippen molar-refractivity contribution in [3.05, 3.63) is 30.2 Å². The van der Waals surface area contributed by atoms with Crippen LogP contribution in [0.25, 0.3) is 5.65 Å². The molecule has 13 heavy (non-hydrogen) atoms. The Bertz CT molecular complexity index is 405. The monoisotopic (exact) mass is 176 g/mol. The maximum atomic E-state index is 5.72. The van der Waals surface area contributed by atoms with Crippen LogP contribution in [0.1, 0.15) is 12.6 Å². The third-order valence-corrected chi connectivity index (χ3v) is 1.91. The van der Waals surface area contributed by atoms with Crippen molar-refractivity contribution in [3.8, 4) is 0 Å². The molecule has 2 N–H and O–H groups in total. The van der Waals surface area contributed by atoms with Crippen LogP contribution in [-0.2, 0) is 6.42 Å². The molecular weight excluding hydrogens is 164 g/mol. The Morgan fingerprint density at radius 2 is 2.38 bits per heavy atom. The van der Waals surface area contributed by atoms with Gasteiger partial charge in [0.1, 0.15) is 6.33 Å². The van der Waals surface area contributed by atoms with Crippen molar-refractivity contribution in [1.82, 2.24) is 14.6 Å². The molecule has 1 unspecified atom stereocenters. The molecule has 0 aromatic carbocycles. The summed E-state index contributed by atoms with van der Waals surface area (Å²) in [6.45, 7) is 1.98. The summed E-state index contributed by atoms with van der Waals surface area (Å²) in [5.41, 5.74) is 7.70. The Morgan fingerprint density at radius 3 is 3.15 bits per heavy atom. The highest BCUT2D eigenvalue weighted by atomic mass is 15.3. The van der Waals surface area contributed by atoms with Gasteiger partial charge in [-0.1, -0.05) is 6.07 Å². The molecule has 1 atom stereocenters. The second kappa shape index (κ2) is 3.14. The van der Waals surface area contributed by atoms with Crippen molar-refractivity contribution in [2.24, 2.45) is 5.73 Å². The lowest BCUT2D eigenvalue weighted by atomic mass is 10.2. The van der Waals surface area contributed by atoms with E-state index in [-0.39, 0.29) is 6.04 Å². The molecule has 4 nitrogen and oxygen atoms in total. The van der Waals surface area contributed by atoms with Gasteiger partial charge >= 0.3 is 0 Å². The van der Waals surface area contributed by atoms with Gasteiger partial charge in [-0.3, -0.25) is 0 Å². The Balaban J connectivity index is 2.48. The lowest BCUT2D eigenvalue weighted by Crippen LogP contribution is -2.19. The highest BCUT2D eigenvalue weighted by Crippen LogP contribution is 2.05. The van der Waals surface area contributed by atoms with Crippen LogP contribution < -0.4 is 5.73 Å². The fourth-order valence-electron chi connectivity index (χ4n) is 1.39. The van der Waals surface area contributed by atoms with Crippen molar-refractivity contribution in [3.63, 3.8) is 0 Å². The predicted octanol–water partition coefficient (Wildman–Crippen LogP) is 0.619. The van der Waals surface area contributed by atoms with Crippen LogP contribution in [-0.4, -0.2) is 20.6 Å². The quantitative estimate of drug-likeness (QED) is 0.729. The molecule has 0 radical (unpaired) electrons. The minimum absolute atomic E-state index is 0.148. The maximum Gasteiger partial charge on any atom is 0.155 e. The van der Waals surface area contributed by atoms with E-state index in [1.165, 1.54) is 0 Å². The van der Waals surface area contributed by atoms with Gasteiger partial charge in [-0.25, -0.2) is 9.50 Å². The molecule has 0 amide bonds. The number of hydrogen-bond donors (Lipinski definition) is 1. The van der Waals surface area contributed by atoms with Gasteiger partial charge < -0.3 is 5.73 Å². The predicted molar refractivity (Wildman–Crippen MR) is 50.3 cm³/mol. The SMILES string of the molecule is CC(N)Cc1cccc2ncnn12. The largest absolute Gasteiger partial charge is 0.328 e. The number of hydrogen-bond acceptors (Lipinski definition) is 3. The second-order valence-corrected chi connectivity index (χ2v) is 3.23. The van der Waals surface area contributed by atoms with Gasteiger partial charge in [0.05, 0.1) is 0 Å². The Labute approximate surface area is 76.4 Å². The Hall–Kier alpha value is -1.42. The lowest BCUT2D eigenvalue weighted by molar-refractivity contribution is 0.698. The van der Waals surface area contributed by atoms with Gasteiger partial charge in [0.2, 0.25) is 0 Å². The molecule has 2 rings (SSSR count). The van der Waals surface area contributed by atoms with Crippen molar-refractivity contribution in [1.29, 1.82) is 0 Å². The van der Waals surface area contributed by atoms with E-state index in [1.807, 2.05) is 29.6 Å². The fraction of sp³-hybridized carbons (Fsp3) is 0.333. The molecule has 0 aliphatic carbocycles. The minimum atomic E-state index is 0.148. The summed E-state index contributed by atoms with van der Waals surface area (Å²) >= 11 is 0. The number of aromatic nitrogens is 3. The number of nitrogens with zero attached hydrogens (tertiary/aromatic N) is 3. The molecule has 2 aromatic rings. The van der Waals surface area contributed by atoms with Crippen molar-refractivity contribution < 1.29 is 0 Å². The summed E-state index contributed by atoms with van der Waals surface area (Å²) in [4.78, 5) is 4.10. The molecule has 0 saturated carbocycles. The molecule has 2 heterocycles. The zero-order chi connectivity index (χ0) is 9.26. The Kier molecular flexibility index (Phi) is 1.98. The van der Waals surface area contributed by atoms with E-state index in [4.69, 9.17) is 5.73 Å². The summed E-state index contributed by atoms with van der Waals surface area (Å²) in [7, 11) is 0. The van der Waals surface area contributed by atoms with Crippen LogP contribution >= 0.6 is 0 Å². The highest BCUT2D eigenvalue weighted by molar-refractivity contribution is 5.37. The summed E-state index contributed by atoms with van der Waals surface area (Å²) in [5, 5.41) is 4.12. The summed E-state index contributed by atoms with van der Waals surface area (Å²) in [5.74, 6) is 0. The molecule has 2 aromatic heterocycles. The van der Waals surface area contributed by atoms with E-state index < -0.39 is 0 Å². The number of rotatable bonds is 2. The first kappa shape index (κ1) is 8.19. The van der Waals surface area contributed by atoms with Crippen LogP contribution in [0.3, 0.4) is 0 Å². The van der Waals surface area contributed by atoms with Gasteiger partial charge in [-0.15, -0.1) is 0 Å². The molecule has 68 valence electrons. The zero-order valence-corrected chi connectivity index (χ0v) is 7.51. The van der Waals surface area contributed by atoms with Crippen molar-refractivity contribution >= 4 is 5.65 Å². The molecule has 0 bridgehead atoms. The zero-order valence-electron chi connectivity index (χ0n) is 7.51. The van der Waals surface area contributed by atoms with Crippen LogP contribution in [0, 0.1) is 0 Å². The first-order chi connectivity index (χ1) is 6.27. The van der Waals surface area contributed by atoms with E-state index >= 15 is 0 Å². The normalized spacial score (nSPS) is 13.4. The summed E-state index contributed by atoms with van der Waals surface area (Å²) in [6, 6.07) is 6.07. The van der Waals surface area contributed by atoms with Crippen LogP contribution in [0.4, 0.5) is 0 Å². The minimum Gasteiger partial charge on any atom is -0.328 e. The third-order valence-electron chi connectivity index (χ3n) is 1.91. The standard InChI is InChI=1S/C9H12N4/c1-7(10)5-8-3-2-4-9-11-6-12-13(8)9/h2-4,6-7H,5,10H2,1H3. The van der Waals surface area contributed by atoms with Crippen LogP contribution in [0.5, 0.6) is 0 Å². The van der Waals surface area contributed by atoms with E-state index in [2.05, 4.69) is 10.1 Å². The fourth-order valence-corrected chi connectivity index (χ4v) is 1.39. The summed E-state index contributed by atoms with van der Waals surface area (Å²) < 4.78 is 1.82. The molecule has 0 aliphatic rings. The van der Waals surface area contributed by atoms with E-state index in [0.717, 1.165) is 17.8 Å². The van der Waals surface area contributed by atoms with E-state index in [1.54, 1.807) is 6.33 Å². The topological polar surface area (TPSA) is 56.2 Å². The lowest BCUT2D eigenvalue weighted by Gasteiger charge is -2.06. The molecule has 0 aliphatic heterocycles. The second-order valence-electron chi connectivity index (χ2n) is 3.23. The van der Waals surface area contributed by atoms with Gasteiger partial charge in [0.15, 0.2) is 5.65 Å². The summed E-state index contributed by atoms with van der Waals surface area (Å²) in [6.07, 6.45) is 2.38. The highest BCUT2D eigenvalue weighted by Gasteiger charge is 2.03. The third kappa shape index (κ3) is 1.53. The molecular formula is C9H12N4. The molecule has 0 spiro atoms. The first-order valence-corrected chi connectivity index (χ1v) is 4.30. The number of nitrogens with two attached hydrogens (primary N) is 1. The van der Waals surface area contributed by atoms with Gasteiger partial charge in [0, 0.05) is 18.2 Å². The molecule has 0 fully saturated rings. The smallest absolute Gasteiger partial charge is 0.155 e. The van der Waals surface area contributed by atoms with Crippen molar-refractivity contribution in [2.45, 2.75) is 19.4 Å². The van der Waals surface area contributed by atoms with E-state index in [9.17, 15) is 0 Å². The number of fused-ring (bicyclic) bond motifs is 1. The van der Waals surface area contributed by atoms with Crippen LogP contribution in [0.2, 0.25) is 0 Å². The van der Waals surface area contributed by atoms with Gasteiger partial charge in [-0.2, -0.15) is 5.10 Å². The average Bonchev–Trinajstić information content (AvgIpc) is 2.51. The first-order valence-electron chi connectivity index (χ1n) is 4.30. The van der Waals surface area contributed by atoms with Gasteiger partial charge in [0.25, 0.3) is 0 Å². The molecule has 4 heteroatoms. The van der Waals surface area contributed by atoms with Gasteiger partial charge in [-0.05, 0) is 19.1 Å². The number of pyridine rings is 1.